The minimum atomic E-state index is -0.378. The number of nitrogens with zero attached hydrogens (tertiary/aromatic N) is 3. The van der Waals surface area contributed by atoms with Gasteiger partial charge in [0.15, 0.2) is 0 Å². The van der Waals surface area contributed by atoms with Gasteiger partial charge in [0.25, 0.3) is 0 Å². The number of fused-ring (bicyclic) bond motifs is 1. The monoisotopic (exact) mass is 503 g/mol. The summed E-state index contributed by atoms with van der Waals surface area (Å²) in [5.41, 5.74) is 3.26. The lowest BCUT2D eigenvalue weighted by Gasteiger charge is -2.40. The zero-order valence-corrected chi connectivity index (χ0v) is 22.1. The van der Waals surface area contributed by atoms with Crippen LogP contribution in [0.4, 0.5) is 5.69 Å². The normalized spacial score (nSPS) is 28.9. The number of aryl methyl sites for hydroxylation is 1. The molecule has 2 aromatic rings. The average Bonchev–Trinajstić information content (AvgIpc) is 3.28. The highest BCUT2D eigenvalue weighted by Crippen LogP contribution is 2.60. The van der Waals surface area contributed by atoms with Gasteiger partial charge in [-0.15, -0.1) is 0 Å². The lowest BCUT2D eigenvalue weighted by Crippen LogP contribution is -2.52. The van der Waals surface area contributed by atoms with Gasteiger partial charge in [-0.25, -0.2) is 0 Å². The highest BCUT2D eigenvalue weighted by molar-refractivity contribution is 5.86. The van der Waals surface area contributed by atoms with E-state index in [0.717, 1.165) is 56.1 Å². The Hall–Kier alpha value is -3.22. The highest BCUT2D eigenvalue weighted by atomic mass is 16.5. The van der Waals surface area contributed by atoms with E-state index in [0.29, 0.717) is 19.5 Å². The minimum Gasteiger partial charge on any atom is -0.497 e. The highest BCUT2D eigenvalue weighted by Gasteiger charge is 2.64. The number of ether oxygens (including phenoxy) is 2. The van der Waals surface area contributed by atoms with Crippen molar-refractivity contribution in [2.45, 2.75) is 38.1 Å². The van der Waals surface area contributed by atoms with E-state index in [1.54, 1.807) is 14.2 Å². The van der Waals surface area contributed by atoms with Crippen LogP contribution in [0, 0.1) is 17.8 Å². The molecule has 2 amide bonds. The van der Waals surface area contributed by atoms with Gasteiger partial charge in [-0.2, -0.15) is 0 Å². The molecule has 2 saturated heterocycles. The fourth-order valence-electron chi connectivity index (χ4n) is 7.74. The van der Waals surface area contributed by atoms with E-state index in [9.17, 15) is 9.59 Å². The third kappa shape index (κ3) is 3.77. The van der Waals surface area contributed by atoms with E-state index < -0.39 is 0 Å². The van der Waals surface area contributed by atoms with Crippen LogP contribution in [0.3, 0.4) is 0 Å². The van der Waals surface area contributed by atoms with Gasteiger partial charge in [0.05, 0.1) is 19.8 Å². The van der Waals surface area contributed by atoms with E-state index in [1.165, 1.54) is 11.1 Å². The van der Waals surface area contributed by atoms with Gasteiger partial charge in [-0.1, -0.05) is 19.1 Å². The molecule has 1 aliphatic carbocycles. The second-order valence-corrected chi connectivity index (χ2v) is 11.1. The van der Waals surface area contributed by atoms with Crippen molar-refractivity contribution in [3.8, 4) is 11.5 Å². The van der Waals surface area contributed by atoms with Crippen molar-refractivity contribution < 1.29 is 19.1 Å². The molecule has 3 heterocycles. The quantitative estimate of drug-likeness (QED) is 0.637. The predicted molar refractivity (Wildman–Crippen MR) is 142 cm³/mol. The smallest absolute Gasteiger partial charge is 0.226 e. The van der Waals surface area contributed by atoms with Gasteiger partial charge < -0.3 is 24.2 Å². The molecule has 0 bridgehead atoms. The molecule has 2 aromatic carbocycles. The summed E-state index contributed by atoms with van der Waals surface area (Å²) in [6.07, 6.45) is 3.20. The van der Waals surface area contributed by atoms with Crippen LogP contribution in [-0.2, 0) is 21.5 Å². The Morgan fingerprint density at radius 3 is 2.49 bits per heavy atom. The summed E-state index contributed by atoms with van der Waals surface area (Å²) in [5, 5.41) is 0. The molecule has 3 aliphatic heterocycles. The van der Waals surface area contributed by atoms with Crippen molar-refractivity contribution >= 4 is 17.5 Å². The summed E-state index contributed by atoms with van der Waals surface area (Å²) in [4.78, 5) is 34.0. The first-order chi connectivity index (χ1) is 18.0. The van der Waals surface area contributed by atoms with Crippen LogP contribution in [0.5, 0.6) is 11.5 Å². The predicted octanol–water partition coefficient (Wildman–Crippen LogP) is 3.70. The van der Waals surface area contributed by atoms with E-state index in [4.69, 9.17) is 9.47 Å². The fourth-order valence-corrected chi connectivity index (χ4v) is 7.74. The Morgan fingerprint density at radius 1 is 0.973 bits per heavy atom. The van der Waals surface area contributed by atoms with Crippen LogP contribution in [0.15, 0.2) is 42.5 Å². The molecule has 1 saturated carbocycles. The molecule has 3 fully saturated rings. The van der Waals surface area contributed by atoms with Gasteiger partial charge in [0, 0.05) is 62.7 Å². The molecule has 7 heteroatoms. The van der Waals surface area contributed by atoms with Crippen LogP contribution in [0.1, 0.15) is 37.3 Å². The summed E-state index contributed by atoms with van der Waals surface area (Å²) in [6, 6.07) is 14.4. The van der Waals surface area contributed by atoms with Gasteiger partial charge in [-0.05, 0) is 60.6 Å². The van der Waals surface area contributed by atoms with E-state index >= 15 is 0 Å². The maximum absolute atomic E-state index is 14.1. The van der Waals surface area contributed by atoms with Crippen molar-refractivity contribution in [1.29, 1.82) is 0 Å². The Morgan fingerprint density at radius 2 is 1.73 bits per heavy atom. The number of benzene rings is 2. The summed E-state index contributed by atoms with van der Waals surface area (Å²) in [7, 11) is 3.38. The summed E-state index contributed by atoms with van der Waals surface area (Å²) < 4.78 is 10.9. The second-order valence-electron chi connectivity index (χ2n) is 11.1. The molecule has 37 heavy (non-hydrogen) atoms. The first kappa shape index (κ1) is 24.1. The molecule has 3 unspecified atom stereocenters. The van der Waals surface area contributed by atoms with Gasteiger partial charge in [0.2, 0.25) is 11.8 Å². The van der Waals surface area contributed by atoms with Crippen LogP contribution in [-0.4, -0.2) is 68.6 Å². The molecule has 0 radical (unpaired) electrons. The lowest BCUT2D eigenvalue weighted by molar-refractivity contribution is -0.138. The standard InChI is InChI=1S/C30H37N3O4/c1-20-19-30-25-10-9-24(37-3)16-21(25)6-5-11-33(30)27(34)18-26(30)28(20)29(35)32-14-12-31(13-15-32)22-7-4-8-23(17-22)36-2/h4,7-10,16-17,20,26,28H,5-6,11-15,18-19H2,1-3H3/t20-,26?,28?,30?/m0/s1. The molecular weight excluding hydrogens is 466 g/mol. The van der Waals surface area contributed by atoms with E-state index in [2.05, 4.69) is 45.9 Å². The maximum Gasteiger partial charge on any atom is 0.226 e. The third-order valence-electron chi connectivity index (χ3n) is 9.37. The van der Waals surface area contributed by atoms with Crippen LogP contribution in [0.2, 0.25) is 0 Å². The van der Waals surface area contributed by atoms with Crippen molar-refractivity contribution in [2.75, 3.05) is 51.8 Å². The first-order valence-corrected chi connectivity index (χ1v) is 13.6. The topological polar surface area (TPSA) is 62.3 Å². The first-order valence-electron chi connectivity index (χ1n) is 13.6. The van der Waals surface area contributed by atoms with Gasteiger partial charge >= 0.3 is 0 Å². The maximum atomic E-state index is 14.1. The Bertz CT molecular complexity index is 1210. The summed E-state index contributed by atoms with van der Waals surface area (Å²) >= 11 is 0. The van der Waals surface area contributed by atoms with Crippen molar-refractivity contribution in [3.05, 3.63) is 53.6 Å². The molecule has 4 aliphatic rings. The second kappa shape index (κ2) is 9.26. The molecular formula is C30H37N3O4. The van der Waals surface area contributed by atoms with E-state index in [-0.39, 0.29) is 35.1 Å². The molecule has 0 aromatic heterocycles. The zero-order chi connectivity index (χ0) is 25.7. The molecule has 0 N–H and O–H groups in total. The number of hydrogen-bond acceptors (Lipinski definition) is 5. The summed E-state index contributed by atoms with van der Waals surface area (Å²) in [6.45, 7) is 5.97. The molecule has 196 valence electrons. The van der Waals surface area contributed by atoms with Crippen LogP contribution >= 0.6 is 0 Å². The number of anilines is 1. The molecule has 1 spiro atoms. The number of hydrogen-bond donors (Lipinski definition) is 0. The van der Waals surface area contributed by atoms with Gasteiger partial charge in [-0.3, -0.25) is 9.59 Å². The fraction of sp³-hybridized carbons (Fsp3) is 0.533. The largest absolute Gasteiger partial charge is 0.497 e. The Kier molecular flexibility index (Phi) is 6.04. The van der Waals surface area contributed by atoms with Crippen molar-refractivity contribution in [1.82, 2.24) is 9.80 Å². The number of carbonyl (C=O) groups is 2. The molecule has 4 atom stereocenters. The Balaban J connectivity index is 1.26. The minimum absolute atomic E-state index is 0.0177. The van der Waals surface area contributed by atoms with Gasteiger partial charge in [0.1, 0.15) is 11.5 Å². The number of methoxy groups -OCH3 is 2. The SMILES string of the molecule is COc1cccc(N2CCN(C(=O)C3C4CC(=O)N5CCCc6cc(OC)ccc6C45C[C@@H]3C)CC2)c1. The van der Waals surface area contributed by atoms with Crippen LogP contribution < -0.4 is 14.4 Å². The van der Waals surface area contributed by atoms with E-state index in [1.807, 2.05) is 18.2 Å². The average molecular weight is 504 g/mol. The summed E-state index contributed by atoms with van der Waals surface area (Å²) in [5.74, 6) is 2.25. The van der Waals surface area contributed by atoms with Crippen molar-refractivity contribution in [3.63, 3.8) is 0 Å². The van der Waals surface area contributed by atoms with Crippen molar-refractivity contribution in [2.24, 2.45) is 17.8 Å². The number of carbonyl (C=O) groups excluding carboxylic acids is 2. The molecule has 7 nitrogen and oxygen atoms in total. The number of piperazine rings is 1. The Labute approximate surface area is 219 Å². The molecule has 6 rings (SSSR count). The lowest BCUT2D eigenvalue weighted by atomic mass is 9.76. The number of amides is 2. The third-order valence-corrected chi connectivity index (χ3v) is 9.37. The number of rotatable bonds is 4. The zero-order valence-electron chi connectivity index (χ0n) is 22.1. The van der Waals surface area contributed by atoms with Crippen LogP contribution in [0.25, 0.3) is 0 Å².